The first-order valence-electron chi connectivity index (χ1n) is 8.31. The van der Waals surface area contributed by atoms with Crippen LogP contribution in [-0.2, 0) is 4.79 Å². The lowest BCUT2D eigenvalue weighted by atomic mass is 10.2. The number of hydrogen-bond donors (Lipinski definition) is 1. The second-order valence-electron chi connectivity index (χ2n) is 5.51. The first-order chi connectivity index (χ1) is 12.7. The molecule has 0 aliphatic carbocycles. The van der Waals surface area contributed by atoms with Crippen LogP contribution in [0.3, 0.4) is 0 Å². The number of carbonyl (C=O) groups excluding carboxylic acids is 1. The third-order valence-electron chi connectivity index (χ3n) is 3.65. The predicted octanol–water partition coefficient (Wildman–Crippen LogP) is 3.99. The van der Waals surface area contributed by atoms with E-state index in [1.165, 1.54) is 4.70 Å². The van der Waals surface area contributed by atoms with E-state index in [-0.39, 0.29) is 12.5 Å². The van der Waals surface area contributed by atoms with Crippen molar-refractivity contribution in [2.75, 3.05) is 20.3 Å². The number of ether oxygens (including phenoxy) is 2. The summed E-state index contributed by atoms with van der Waals surface area (Å²) in [7, 11) is 1.58. The zero-order valence-corrected chi connectivity index (χ0v) is 15.5. The van der Waals surface area contributed by atoms with E-state index in [4.69, 9.17) is 9.47 Å². The average molecular weight is 368 g/mol. The molecule has 0 unspecified atom stereocenters. The normalized spacial score (nSPS) is 11.0. The molecule has 0 radical (unpaired) electrons. The Morgan fingerprint density at radius 3 is 2.81 bits per heavy atom. The summed E-state index contributed by atoms with van der Waals surface area (Å²) in [4.78, 5) is 16.1. The molecule has 0 bridgehead atoms. The zero-order chi connectivity index (χ0) is 18.4. The second-order valence-corrected chi connectivity index (χ2v) is 6.57. The molecule has 0 atom stereocenters. The van der Waals surface area contributed by atoms with Crippen LogP contribution in [0, 0.1) is 0 Å². The van der Waals surface area contributed by atoms with Gasteiger partial charge in [-0.05, 0) is 42.8 Å². The largest absolute Gasteiger partial charge is 0.493 e. The van der Waals surface area contributed by atoms with Crippen molar-refractivity contribution in [2.24, 2.45) is 0 Å². The summed E-state index contributed by atoms with van der Waals surface area (Å²) in [5.74, 6) is 0.964. The van der Waals surface area contributed by atoms with Crippen molar-refractivity contribution >= 4 is 39.6 Å². The van der Waals surface area contributed by atoms with Crippen molar-refractivity contribution in [1.29, 1.82) is 0 Å². The van der Waals surface area contributed by atoms with Gasteiger partial charge in [0.25, 0.3) is 5.91 Å². The highest BCUT2D eigenvalue weighted by atomic mass is 32.1. The topological polar surface area (TPSA) is 60.5 Å². The summed E-state index contributed by atoms with van der Waals surface area (Å²) in [6.07, 6.45) is 3.96. The lowest BCUT2D eigenvalue weighted by Crippen LogP contribution is -2.28. The minimum Gasteiger partial charge on any atom is -0.493 e. The number of carbonyl (C=O) groups is 1. The molecular weight excluding hydrogens is 348 g/mol. The lowest BCUT2D eigenvalue weighted by Gasteiger charge is -2.11. The number of benzene rings is 2. The van der Waals surface area contributed by atoms with Crippen LogP contribution < -0.4 is 14.8 Å². The van der Waals surface area contributed by atoms with Gasteiger partial charge in [-0.2, -0.15) is 0 Å². The number of rotatable bonds is 7. The highest BCUT2D eigenvalue weighted by Crippen LogP contribution is 2.29. The van der Waals surface area contributed by atoms with Gasteiger partial charge in [-0.3, -0.25) is 4.79 Å². The van der Waals surface area contributed by atoms with E-state index < -0.39 is 0 Å². The van der Waals surface area contributed by atoms with E-state index in [9.17, 15) is 4.79 Å². The number of amides is 1. The Balaban J connectivity index is 1.72. The van der Waals surface area contributed by atoms with E-state index >= 15 is 0 Å². The molecule has 6 heteroatoms. The summed E-state index contributed by atoms with van der Waals surface area (Å²) >= 11 is 1.65. The number of fused-ring (bicyclic) bond motifs is 1. The van der Waals surface area contributed by atoms with Gasteiger partial charge in [0.1, 0.15) is 5.01 Å². The maximum Gasteiger partial charge on any atom is 0.257 e. The molecule has 3 rings (SSSR count). The number of methoxy groups -OCH3 is 1. The predicted molar refractivity (Wildman–Crippen MR) is 106 cm³/mol. The Labute approximate surface area is 156 Å². The van der Waals surface area contributed by atoms with Gasteiger partial charge in [-0.1, -0.05) is 24.3 Å². The molecule has 5 nitrogen and oxygen atoms in total. The molecule has 1 heterocycles. The Morgan fingerprint density at radius 2 is 2.04 bits per heavy atom. The van der Waals surface area contributed by atoms with Crippen molar-refractivity contribution in [1.82, 2.24) is 10.3 Å². The molecule has 3 aromatic rings. The third kappa shape index (κ3) is 4.40. The maximum atomic E-state index is 11.5. The number of nitrogens with one attached hydrogen (secondary N) is 1. The molecule has 0 aliphatic heterocycles. The van der Waals surface area contributed by atoms with Crippen molar-refractivity contribution in [3.05, 3.63) is 53.0 Å². The summed E-state index contributed by atoms with van der Waals surface area (Å²) in [6, 6.07) is 13.7. The van der Waals surface area contributed by atoms with Gasteiger partial charge in [0.05, 0.1) is 17.3 Å². The maximum absolute atomic E-state index is 11.5. The molecule has 134 valence electrons. The number of aromatic nitrogens is 1. The summed E-state index contributed by atoms with van der Waals surface area (Å²) < 4.78 is 12.1. The fraction of sp³-hybridized carbons (Fsp3) is 0.200. The molecule has 1 N–H and O–H groups in total. The van der Waals surface area contributed by atoms with Crippen LogP contribution in [0.15, 0.2) is 42.5 Å². The number of hydrogen-bond acceptors (Lipinski definition) is 5. The van der Waals surface area contributed by atoms with E-state index in [1.807, 2.05) is 49.4 Å². The quantitative estimate of drug-likeness (QED) is 0.685. The Morgan fingerprint density at radius 1 is 1.19 bits per heavy atom. The van der Waals surface area contributed by atoms with Gasteiger partial charge in [0, 0.05) is 6.54 Å². The summed E-state index contributed by atoms with van der Waals surface area (Å²) in [6.45, 7) is 2.41. The van der Waals surface area contributed by atoms with Crippen LogP contribution in [0.4, 0.5) is 0 Å². The molecule has 1 amide bonds. The fourth-order valence-electron chi connectivity index (χ4n) is 2.43. The Hall–Kier alpha value is -2.86. The Kier molecular flexibility index (Phi) is 5.86. The highest BCUT2D eigenvalue weighted by molar-refractivity contribution is 7.19. The number of likely N-dealkylation sites (N-methyl/N-ethyl adjacent to an activating group) is 1. The molecule has 0 fully saturated rings. The SMILES string of the molecule is CCNC(=O)COc1ccc(C=Cc2nc3ccccc3s2)cc1OC. The Bertz CT molecular complexity index is 901. The van der Waals surface area contributed by atoms with Crippen LogP contribution in [0.5, 0.6) is 11.5 Å². The van der Waals surface area contributed by atoms with Crippen LogP contribution >= 0.6 is 11.3 Å². The first-order valence-corrected chi connectivity index (χ1v) is 9.12. The molecular formula is C20H20N2O3S. The van der Waals surface area contributed by atoms with E-state index in [2.05, 4.69) is 16.4 Å². The van der Waals surface area contributed by atoms with Crippen LogP contribution in [0.1, 0.15) is 17.5 Å². The van der Waals surface area contributed by atoms with Crippen molar-refractivity contribution in [3.63, 3.8) is 0 Å². The number of para-hydroxylation sites is 1. The van der Waals surface area contributed by atoms with E-state index in [0.29, 0.717) is 18.0 Å². The highest BCUT2D eigenvalue weighted by Gasteiger charge is 2.08. The third-order valence-corrected chi connectivity index (χ3v) is 4.65. The minimum absolute atomic E-state index is 0.0366. The molecule has 1 aromatic heterocycles. The standard InChI is InChI=1S/C20H20N2O3S/c1-3-21-19(23)13-25-16-10-8-14(12-17(16)24-2)9-11-20-22-15-6-4-5-7-18(15)26-20/h4-12H,3,13H2,1-2H3,(H,21,23). The second kappa shape index (κ2) is 8.49. The number of nitrogens with zero attached hydrogens (tertiary/aromatic N) is 1. The minimum atomic E-state index is -0.158. The van der Waals surface area contributed by atoms with Crippen LogP contribution in [0.2, 0.25) is 0 Å². The smallest absolute Gasteiger partial charge is 0.257 e. The van der Waals surface area contributed by atoms with E-state index in [1.54, 1.807) is 24.5 Å². The number of thiazole rings is 1. The van der Waals surface area contributed by atoms with Crippen LogP contribution in [0.25, 0.3) is 22.4 Å². The molecule has 26 heavy (non-hydrogen) atoms. The monoisotopic (exact) mass is 368 g/mol. The van der Waals surface area contributed by atoms with Gasteiger partial charge in [0.2, 0.25) is 0 Å². The van der Waals surface area contributed by atoms with Crippen molar-refractivity contribution < 1.29 is 14.3 Å². The van der Waals surface area contributed by atoms with Crippen LogP contribution in [-0.4, -0.2) is 31.2 Å². The van der Waals surface area contributed by atoms with E-state index in [0.717, 1.165) is 16.1 Å². The molecule has 0 saturated heterocycles. The fourth-order valence-corrected chi connectivity index (χ4v) is 3.30. The average Bonchev–Trinajstić information content (AvgIpc) is 3.08. The van der Waals surface area contributed by atoms with Gasteiger partial charge in [0.15, 0.2) is 18.1 Å². The molecule has 0 saturated carbocycles. The van der Waals surface area contributed by atoms with Gasteiger partial charge in [-0.15, -0.1) is 11.3 Å². The zero-order valence-electron chi connectivity index (χ0n) is 14.7. The van der Waals surface area contributed by atoms with Crippen molar-refractivity contribution in [3.8, 4) is 11.5 Å². The summed E-state index contributed by atoms with van der Waals surface area (Å²) in [5, 5.41) is 3.64. The van der Waals surface area contributed by atoms with Gasteiger partial charge >= 0.3 is 0 Å². The molecule has 0 spiro atoms. The first kappa shape index (κ1) is 17.9. The summed E-state index contributed by atoms with van der Waals surface area (Å²) in [5.41, 5.74) is 1.97. The molecule has 2 aromatic carbocycles. The molecule has 0 aliphatic rings. The van der Waals surface area contributed by atoms with Crippen molar-refractivity contribution in [2.45, 2.75) is 6.92 Å². The van der Waals surface area contributed by atoms with Gasteiger partial charge < -0.3 is 14.8 Å². The lowest BCUT2D eigenvalue weighted by molar-refractivity contribution is -0.123. The van der Waals surface area contributed by atoms with Gasteiger partial charge in [-0.25, -0.2) is 4.98 Å².